The van der Waals surface area contributed by atoms with Crippen molar-refractivity contribution in [3.63, 3.8) is 0 Å². The van der Waals surface area contributed by atoms with E-state index in [4.69, 9.17) is 10.5 Å². The smallest absolute Gasteiger partial charge is 0.262 e. The van der Waals surface area contributed by atoms with Crippen molar-refractivity contribution in [3.8, 4) is 0 Å². The summed E-state index contributed by atoms with van der Waals surface area (Å²) in [7, 11) is 0. The minimum Gasteiger partial charge on any atom is -0.371 e. The number of nitrogens with two attached hydrogens (primary N) is 1. The van der Waals surface area contributed by atoms with Gasteiger partial charge >= 0.3 is 0 Å². The number of carbonyl (C=O) groups is 5. The Balaban J connectivity index is 1.40. The lowest BCUT2D eigenvalue weighted by atomic mass is 9.86. The molecule has 4 aliphatic rings. The molecule has 4 heterocycles. The molecule has 192 valence electrons. The summed E-state index contributed by atoms with van der Waals surface area (Å²) >= 11 is 0. The van der Waals surface area contributed by atoms with Crippen LogP contribution < -0.4 is 16.4 Å². The van der Waals surface area contributed by atoms with E-state index in [0.29, 0.717) is 38.3 Å². The average Bonchev–Trinajstić information content (AvgIpc) is 3.11. The maximum Gasteiger partial charge on any atom is 0.262 e. The summed E-state index contributed by atoms with van der Waals surface area (Å²) in [6, 6.07) is 4.11. The fraction of sp³-hybridized carbons (Fsp3) is 0.560. The number of carbonyl (C=O) groups excluding carboxylic acids is 5. The molecule has 11 nitrogen and oxygen atoms in total. The standard InChI is InChI=1S/C25H31N5O6/c26-16-6-9-29(10-7-16)20(32)13-25(14-27-8-11-36-25)12-15-2-1-3-17-21(15)24(35)30(23(17)34)18-4-5-19(31)28-22(18)33/h1-3,16,18,27H,4-14,26H2,(H,28,31,33)/t18?,25-/m1/s1. The number of hydrogen-bond acceptors (Lipinski definition) is 8. The van der Waals surface area contributed by atoms with Crippen LogP contribution in [-0.2, 0) is 25.5 Å². The number of hydrogen-bond donors (Lipinski definition) is 3. The normalized spacial score (nSPS) is 27.3. The van der Waals surface area contributed by atoms with E-state index in [-0.39, 0.29) is 48.8 Å². The van der Waals surface area contributed by atoms with Crippen molar-refractivity contribution < 1.29 is 28.7 Å². The molecule has 4 N–H and O–H groups in total. The summed E-state index contributed by atoms with van der Waals surface area (Å²) in [5.41, 5.74) is 6.16. The Morgan fingerprint density at radius 1 is 1.11 bits per heavy atom. The molecule has 5 amide bonds. The van der Waals surface area contributed by atoms with Gasteiger partial charge in [-0.3, -0.25) is 34.2 Å². The molecule has 1 aromatic carbocycles. The van der Waals surface area contributed by atoms with E-state index in [1.54, 1.807) is 18.2 Å². The van der Waals surface area contributed by atoms with Crippen LogP contribution in [0.1, 0.15) is 58.4 Å². The Kier molecular flexibility index (Phi) is 6.62. The molecule has 1 unspecified atom stereocenters. The Hall–Kier alpha value is -3.15. The minimum atomic E-state index is -1.03. The van der Waals surface area contributed by atoms with Crippen molar-refractivity contribution in [1.82, 2.24) is 20.4 Å². The molecule has 11 heteroatoms. The number of nitrogens with zero attached hydrogens (tertiary/aromatic N) is 2. The predicted octanol–water partition coefficient (Wildman–Crippen LogP) is -0.671. The Labute approximate surface area is 208 Å². The minimum absolute atomic E-state index is 0.0225. The third kappa shape index (κ3) is 4.54. The van der Waals surface area contributed by atoms with Crippen LogP contribution in [0.2, 0.25) is 0 Å². The van der Waals surface area contributed by atoms with Gasteiger partial charge in [0.25, 0.3) is 11.8 Å². The summed E-state index contributed by atoms with van der Waals surface area (Å²) in [6.07, 6.45) is 2.06. The maximum atomic E-state index is 13.5. The fourth-order valence-electron chi connectivity index (χ4n) is 5.61. The van der Waals surface area contributed by atoms with Crippen LogP contribution in [0.4, 0.5) is 0 Å². The number of amides is 5. The van der Waals surface area contributed by atoms with Gasteiger partial charge in [0.05, 0.1) is 29.8 Å². The average molecular weight is 498 g/mol. The number of ether oxygens (including phenoxy) is 1. The van der Waals surface area contributed by atoms with E-state index in [1.165, 1.54) is 0 Å². The highest BCUT2D eigenvalue weighted by Gasteiger charge is 2.47. The van der Waals surface area contributed by atoms with Crippen molar-refractivity contribution in [3.05, 3.63) is 34.9 Å². The number of nitrogens with one attached hydrogen (secondary N) is 2. The summed E-state index contributed by atoms with van der Waals surface area (Å²) < 4.78 is 6.20. The van der Waals surface area contributed by atoms with Crippen LogP contribution in [0.3, 0.4) is 0 Å². The second-order valence-electron chi connectivity index (χ2n) is 10.1. The van der Waals surface area contributed by atoms with Gasteiger partial charge in [0, 0.05) is 45.1 Å². The van der Waals surface area contributed by atoms with E-state index < -0.39 is 35.3 Å². The summed E-state index contributed by atoms with van der Waals surface area (Å²) in [5.74, 6) is -2.20. The lowest BCUT2D eigenvalue weighted by molar-refractivity contribution is -0.143. The molecule has 2 atom stereocenters. The molecule has 1 aromatic rings. The molecule has 3 saturated heterocycles. The first-order valence-electron chi connectivity index (χ1n) is 12.5. The van der Waals surface area contributed by atoms with E-state index in [9.17, 15) is 24.0 Å². The van der Waals surface area contributed by atoms with E-state index in [2.05, 4.69) is 10.6 Å². The summed E-state index contributed by atoms with van der Waals surface area (Å²) in [4.78, 5) is 66.7. The Bertz CT molecular complexity index is 1110. The topological polar surface area (TPSA) is 151 Å². The van der Waals surface area contributed by atoms with E-state index in [0.717, 1.165) is 17.7 Å². The van der Waals surface area contributed by atoms with Crippen LogP contribution in [0.5, 0.6) is 0 Å². The number of benzene rings is 1. The zero-order valence-corrected chi connectivity index (χ0v) is 20.1. The van der Waals surface area contributed by atoms with E-state index >= 15 is 0 Å². The van der Waals surface area contributed by atoms with Crippen molar-refractivity contribution >= 4 is 29.5 Å². The fourth-order valence-corrected chi connectivity index (χ4v) is 5.61. The van der Waals surface area contributed by atoms with Crippen molar-refractivity contribution in [2.45, 2.75) is 56.2 Å². The monoisotopic (exact) mass is 497 g/mol. The van der Waals surface area contributed by atoms with Gasteiger partial charge in [-0.05, 0) is 30.9 Å². The molecule has 5 rings (SSSR count). The summed E-state index contributed by atoms with van der Waals surface area (Å²) in [6.45, 7) is 2.72. The molecular formula is C25H31N5O6. The molecule has 0 saturated carbocycles. The quantitative estimate of drug-likeness (QED) is 0.453. The van der Waals surface area contributed by atoms with Crippen LogP contribution in [-0.4, -0.2) is 89.8 Å². The first-order chi connectivity index (χ1) is 17.3. The number of morpholine rings is 1. The van der Waals surface area contributed by atoms with Gasteiger partial charge in [0.15, 0.2) is 0 Å². The van der Waals surface area contributed by atoms with Gasteiger partial charge in [-0.25, -0.2) is 0 Å². The van der Waals surface area contributed by atoms with Crippen molar-refractivity contribution in [1.29, 1.82) is 0 Å². The molecule has 0 spiro atoms. The maximum absolute atomic E-state index is 13.5. The molecule has 0 bridgehead atoms. The number of likely N-dealkylation sites (tertiary alicyclic amines) is 1. The number of imide groups is 2. The molecular weight excluding hydrogens is 466 g/mol. The SMILES string of the molecule is NC1CCN(C(=O)C[C@]2(Cc3cccc4c3C(=O)N(C3CCC(=O)NC3=O)C4=O)CNCCO2)CC1. The largest absolute Gasteiger partial charge is 0.371 e. The molecule has 4 aliphatic heterocycles. The van der Waals surface area contributed by atoms with Crippen LogP contribution in [0.25, 0.3) is 0 Å². The van der Waals surface area contributed by atoms with Gasteiger partial charge in [0.2, 0.25) is 17.7 Å². The van der Waals surface area contributed by atoms with Crippen molar-refractivity contribution in [2.75, 3.05) is 32.8 Å². The highest BCUT2D eigenvalue weighted by atomic mass is 16.5. The van der Waals surface area contributed by atoms with Crippen LogP contribution in [0.15, 0.2) is 18.2 Å². The highest BCUT2D eigenvalue weighted by molar-refractivity contribution is 6.24. The lowest BCUT2D eigenvalue weighted by Crippen LogP contribution is -2.55. The third-order valence-corrected chi connectivity index (χ3v) is 7.57. The molecule has 36 heavy (non-hydrogen) atoms. The second kappa shape index (κ2) is 9.72. The van der Waals surface area contributed by atoms with Gasteiger partial charge in [0.1, 0.15) is 6.04 Å². The second-order valence-corrected chi connectivity index (χ2v) is 10.1. The number of fused-ring (bicyclic) bond motifs is 1. The number of rotatable bonds is 5. The Morgan fingerprint density at radius 2 is 1.89 bits per heavy atom. The zero-order chi connectivity index (χ0) is 25.4. The van der Waals surface area contributed by atoms with Gasteiger partial charge in [-0.1, -0.05) is 12.1 Å². The first-order valence-corrected chi connectivity index (χ1v) is 12.5. The highest BCUT2D eigenvalue weighted by Crippen LogP contribution is 2.34. The predicted molar refractivity (Wildman–Crippen MR) is 127 cm³/mol. The first kappa shape index (κ1) is 24.5. The van der Waals surface area contributed by atoms with E-state index in [1.807, 2.05) is 4.90 Å². The molecule has 0 aromatic heterocycles. The zero-order valence-electron chi connectivity index (χ0n) is 20.1. The lowest BCUT2D eigenvalue weighted by Gasteiger charge is -2.40. The summed E-state index contributed by atoms with van der Waals surface area (Å²) in [5, 5.41) is 5.52. The number of piperidine rings is 2. The van der Waals surface area contributed by atoms with Gasteiger partial charge in [-0.15, -0.1) is 0 Å². The molecule has 0 aliphatic carbocycles. The molecule has 0 radical (unpaired) electrons. The van der Waals surface area contributed by atoms with Gasteiger partial charge < -0.3 is 20.7 Å². The van der Waals surface area contributed by atoms with Crippen LogP contribution in [0, 0.1) is 0 Å². The Morgan fingerprint density at radius 3 is 2.58 bits per heavy atom. The van der Waals surface area contributed by atoms with Crippen LogP contribution >= 0.6 is 0 Å². The van der Waals surface area contributed by atoms with Gasteiger partial charge in [-0.2, -0.15) is 0 Å². The molecule has 3 fully saturated rings. The van der Waals surface area contributed by atoms with Crippen molar-refractivity contribution in [2.24, 2.45) is 5.73 Å². The third-order valence-electron chi connectivity index (χ3n) is 7.57.